The highest BCUT2D eigenvalue weighted by Gasteiger charge is 2.20. The lowest BCUT2D eigenvalue weighted by Gasteiger charge is -2.18. The van der Waals surface area contributed by atoms with Gasteiger partial charge in [0.1, 0.15) is 0 Å². The highest BCUT2D eigenvalue weighted by Crippen LogP contribution is 2.36. The van der Waals surface area contributed by atoms with E-state index in [1.807, 2.05) is 22.7 Å². The summed E-state index contributed by atoms with van der Waals surface area (Å²) in [4.78, 5) is 2.82. The van der Waals surface area contributed by atoms with E-state index in [1.165, 1.54) is 31.0 Å². The van der Waals surface area contributed by atoms with Crippen molar-refractivity contribution in [3.8, 4) is 0 Å². The summed E-state index contributed by atoms with van der Waals surface area (Å²) >= 11 is 3.74. The molecule has 1 N–H and O–H groups in total. The van der Waals surface area contributed by atoms with Gasteiger partial charge in [-0.3, -0.25) is 0 Å². The Morgan fingerprint density at radius 3 is 2.67 bits per heavy atom. The zero-order valence-electron chi connectivity index (χ0n) is 12.8. The van der Waals surface area contributed by atoms with Crippen LogP contribution < -0.4 is 5.32 Å². The van der Waals surface area contributed by atoms with Gasteiger partial charge in [0, 0.05) is 14.5 Å². The van der Waals surface area contributed by atoms with Crippen LogP contribution in [0.2, 0.25) is 0 Å². The third-order valence-corrected chi connectivity index (χ3v) is 5.77. The topological polar surface area (TPSA) is 12.0 Å². The Morgan fingerprint density at radius 1 is 1.14 bits per heavy atom. The normalized spacial score (nSPS) is 12.9. The fourth-order valence-corrected chi connectivity index (χ4v) is 4.79. The fraction of sp³-hybridized carbons (Fsp3) is 0.333. The summed E-state index contributed by atoms with van der Waals surface area (Å²) in [5.41, 5.74) is 2.86. The van der Waals surface area contributed by atoms with E-state index in [2.05, 4.69) is 61.8 Å². The lowest BCUT2D eigenvalue weighted by molar-refractivity contribution is 0.602. The molecule has 1 atom stereocenters. The van der Waals surface area contributed by atoms with Gasteiger partial charge >= 0.3 is 0 Å². The average Bonchev–Trinajstić information content (AvgIpc) is 3.04. The maximum absolute atomic E-state index is 3.75. The second kappa shape index (κ2) is 6.30. The molecule has 0 aliphatic heterocycles. The van der Waals surface area contributed by atoms with E-state index in [1.54, 1.807) is 0 Å². The fourth-order valence-electron chi connectivity index (χ4n) is 2.84. The number of nitrogens with one attached hydrogen (secondary N) is 1. The molecule has 3 aromatic rings. The standard InChI is InChI=1S/C18H21NS2/c1-4-9-19-18(15-10-12(2)21-13(15)3)16-11-20-17-8-6-5-7-14(16)17/h5-8,10-11,18-19H,4,9H2,1-3H3. The predicted molar refractivity (Wildman–Crippen MR) is 95.8 cm³/mol. The molecule has 3 rings (SSSR count). The minimum absolute atomic E-state index is 0.311. The first-order valence-electron chi connectivity index (χ1n) is 7.47. The summed E-state index contributed by atoms with van der Waals surface area (Å²) in [5.74, 6) is 0. The van der Waals surface area contributed by atoms with Gasteiger partial charge in [0.25, 0.3) is 0 Å². The van der Waals surface area contributed by atoms with E-state index in [0.29, 0.717) is 6.04 Å². The summed E-state index contributed by atoms with van der Waals surface area (Å²) in [6.07, 6.45) is 1.15. The van der Waals surface area contributed by atoms with Gasteiger partial charge in [0.15, 0.2) is 0 Å². The molecule has 0 spiro atoms. The van der Waals surface area contributed by atoms with Crippen LogP contribution >= 0.6 is 22.7 Å². The molecule has 1 unspecified atom stereocenters. The Hall–Kier alpha value is -1.16. The minimum Gasteiger partial charge on any atom is -0.306 e. The number of benzene rings is 1. The number of hydrogen-bond acceptors (Lipinski definition) is 3. The molecule has 110 valence electrons. The van der Waals surface area contributed by atoms with Crippen LogP contribution in [0.25, 0.3) is 10.1 Å². The maximum Gasteiger partial charge on any atom is 0.0602 e. The molecule has 0 saturated carbocycles. The summed E-state index contributed by atoms with van der Waals surface area (Å²) < 4.78 is 1.38. The molecular weight excluding hydrogens is 294 g/mol. The van der Waals surface area contributed by atoms with Gasteiger partial charge in [-0.25, -0.2) is 0 Å². The van der Waals surface area contributed by atoms with Crippen LogP contribution in [-0.2, 0) is 0 Å². The third-order valence-electron chi connectivity index (χ3n) is 3.81. The number of thiophene rings is 2. The first-order valence-corrected chi connectivity index (χ1v) is 9.16. The maximum atomic E-state index is 3.75. The van der Waals surface area contributed by atoms with E-state index >= 15 is 0 Å². The summed E-state index contributed by atoms with van der Waals surface area (Å²) in [5, 5.41) is 7.46. The van der Waals surface area contributed by atoms with Crippen molar-refractivity contribution in [2.75, 3.05) is 6.54 Å². The molecule has 0 fully saturated rings. The summed E-state index contributed by atoms with van der Waals surface area (Å²) in [6, 6.07) is 11.4. The van der Waals surface area contributed by atoms with Gasteiger partial charge in [0.05, 0.1) is 6.04 Å². The van der Waals surface area contributed by atoms with E-state index in [4.69, 9.17) is 0 Å². The molecule has 21 heavy (non-hydrogen) atoms. The van der Waals surface area contributed by atoms with Crippen molar-refractivity contribution in [1.82, 2.24) is 5.32 Å². The van der Waals surface area contributed by atoms with Crippen LogP contribution in [-0.4, -0.2) is 6.54 Å². The van der Waals surface area contributed by atoms with Gasteiger partial charge < -0.3 is 5.32 Å². The summed E-state index contributed by atoms with van der Waals surface area (Å²) in [7, 11) is 0. The molecule has 0 bridgehead atoms. The lowest BCUT2D eigenvalue weighted by Crippen LogP contribution is -2.23. The van der Waals surface area contributed by atoms with Crippen molar-refractivity contribution >= 4 is 32.8 Å². The second-order valence-corrected chi connectivity index (χ2v) is 7.81. The van der Waals surface area contributed by atoms with E-state index < -0.39 is 0 Å². The monoisotopic (exact) mass is 315 g/mol. The van der Waals surface area contributed by atoms with Gasteiger partial charge in [0.2, 0.25) is 0 Å². The molecular formula is C18H21NS2. The Bertz CT molecular complexity index is 739. The van der Waals surface area contributed by atoms with Crippen LogP contribution in [0.1, 0.15) is 40.3 Å². The number of aryl methyl sites for hydroxylation is 2. The SMILES string of the molecule is CCCNC(c1cc(C)sc1C)c1csc2ccccc12. The van der Waals surface area contributed by atoms with E-state index in [-0.39, 0.29) is 0 Å². The zero-order chi connectivity index (χ0) is 14.8. The van der Waals surface area contributed by atoms with Crippen LogP contribution in [0.3, 0.4) is 0 Å². The van der Waals surface area contributed by atoms with Crippen molar-refractivity contribution < 1.29 is 0 Å². The molecule has 1 aromatic carbocycles. The molecule has 2 heterocycles. The van der Waals surface area contributed by atoms with Gasteiger partial charge in [-0.2, -0.15) is 0 Å². The second-order valence-electron chi connectivity index (χ2n) is 5.44. The molecule has 1 nitrogen and oxygen atoms in total. The Labute approximate surface area is 134 Å². The first kappa shape index (κ1) is 14.8. The Balaban J connectivity index is 2.09. The lowest BCUT2D eigenvalue weighted by atomic mass is 9.98. The average molecular weight is 316 g/mol. The van der Waals surface area contributed by atoms with Crippen molar-refractivity contribution in [1.29, 1.82) is 0 Å². The number of rotatable bonds is 5. The van der Waals surface area contributed by atoms with Crippen molar-refractivity contribution in [3.63, 3.8) is 0 Å². The quantitative estimate of drug-likeness (QED) is 0.640. The van der Waals surface area contributed by atoms with Gasteiger partial charge in [-0.15, -0.1) is 22.7 Å². The Morgan fingerprint density at radius 2 is 1.95 bits per heavy atom. The number of hydrogen-bond donors (Lipinski definition) is 1. The van der Waals surface area contributed by atoms with Crippen molar-refractivity contribution in [2.45, 2.75) is 33.2 Å². The van der Waals surface area contributed by atoms with E-state index in [9.17, 15) is 0 Å². The molecule has 2 aromatic heterocycles. The third kappa shape index (κ3) is 2.91. The van der Waals surface area contributed by atoms with Crippen molar-refractivity contribution in [3.05, 3.63) is 56.6 Å². The Kier molecular flexibility index (Phi) is 4.43. The summed E-state index contributed by atoms with van der Waals surface area (Å²) in [6.45, 7) is 7.71. The van der Waals surface area contributed by atoms with Gasteiger partial charge in [-0.05, 0) is 60.8 Å². The number of fused-ring (bicyclic) bond motifs is 1. The van der Waals surface area contributed by atoms with Crippen LogP contribution in [0.4, 0.5) is 0 Å². The minimum atomic E-state index is 0.311. The van der Waals surface area contributed by atoms with Crippen molar-refractivity contribution in [2.24, 2.45) is 0 Å². The van der Waals surface area contributed by atoms with Gasteiger partial charge in [-0.1, -0.05) is 25.1 Å². The largest absolute Gasteiger partial charge is 0.306 e. The molecule has 3 heteroatoms. The van der Waals surface area contributed by atoms with Crippen LogP contribution in [0, 0.1) is 13.8 Å². The highest BCUT2D eigenvalue weighted by atomic mass is 32.1. The zero-order valence-corrected chi connectivity index (χ0v) is 14.4. The predicted octanol–water partition coefficient (Wildman–Crippen LogP) is 5.67. The molecule has 0 aliphatic rings. The van der Waals surface area contributed by atoms with Crippen LogP contribution in [0.5, 0.6) is 0 Å². The molecule has 0 aliphatic carbocycles. The molecule has 0 saturated heterocycles. The highest BCUT2D eigenvalue weighted by molar-refractivity contribution is 7.17. The van der Waals surface area contributed by atoms with E-state index in [0.717, 1.165) is 13.0 Å². The smallest absolute Gasteiger partial charge is 0.0602 e. The van der Waals surface area contributed by atoms with Crippen LogP contribution in [0.15, 0.2) is 35.7 Å². The first-order chi connectivity index (χ1) is 10.2. The molecule has 0 amide bonds. The molecule has 0 radical (unpaired) electrons.